The van der Waals surface area contributed by atoms with Gasteiger partial charge < -0.3 is 5.32 Å². The van der Waals surface area contributed by atoms with E-state index < -0.39 is 0 Å². The van der Waals surface area contributed by atoms with Gasteiger partial charge in [-0.05, 0) is 65.0 Å². The molecule has 0 radical (unpaired) electrons. The molecule has 0 bridgehead atoms. The van der Waals surface area contributed by atoms with Crippen LogP contribution in [-0.2, 0) is 6.42 Å². The molecule has 1 atom stereocenters. The molecule has 2 nitrogen and oxygen atoms in total. The predicted octanol–water partition coefficient (Wildman–Crippen LogP) is 4.25. The fourth-order valence-corrected chi connectivity index (χ4v) is 2.85. The molecular formula is C15H15BrN2. The minimum absolute atomic E-state index is 0.333. The number of pyridine rings is 1. The molecule has 0 saturated heterocycles. The highest BCUT2D eigenvalue weighted by Crippen LogP contribution is 2.34. The molecule has 1 N–H and O–H groups in total. The molecule has 1 heterocycles. The van der Waals surface area contributed by atoms with Crippen LogP contribution < -0.4 is 5.32 Å². The normalized spacial score (nSPS) is 17.6. The number of nitrogens with zero attached hydrogens (tertiary/aromatic N) is 1. The Bertz CT molecular complexity index is 580. The molecule has 0 aliphatic heterocycles. The van der Waals surface area contributed by atoms with Crippen LogP contribution in [-0.4, -0.2) is 4.98 Å². The number of nitrogens with one attached hydrogen (secondary N) is 1. The number of hydrogen-bond donors (Lipinski definition) is 1. The topological polar surface area (TPSA) is 24.9 Å². The van der Waals surface area contributed by atoms with Gasteiger partial charge in [0.05, 0.1) is 11.7 Å². The molecule has 0 amide bonds. The van der Waals surface area contributed by atoms with E-state index in [-0.39, 0.29) is 0 Å². The van der Waals surface area contributed by atoms with Crippen molar-refractivity contribution in [3.05, 3.63) is 57.8 Å². The molecule has 1 aliphatic carbocycles. The molecule has 1 aromatic heterocycles. The van der Waals surface area contributed by atoms with E-state index in [0.29, 0.717) is 6.04 Å². The van der Waals surface area contributed by atoms with Crippen LogP contribution in [0.4, 0.5) is 5.69 Å². The third-order valence-corrected chi connectivity index (χ3v) is 4.10. The third-order valence-electron chi connectivity index (χ3n) is 3.41. The zero-order valence-corrected chi connectivity index (χ0v) is 11.9. The fourth-order valence-electron chi connectivity index (χ4n) is 2.49. The van der Waals surface area contributed by atoms with Crippen LogP contribution in [0, 0.1) is 6.92 Å². The SMILES string of the molecule is Cc1ccc(Br)c(NC2CCc3cccnc32)c1. The van der Waals surface area contributed by atoms with Gasteiger partial charge in [0.25, 0.3) is 0 Å². The number of aryl methyl sites for hydroxylation is 2. The zero-order chi connectivity index (χ0) is 12.5. The summed E-state index contributed by atoms with van der Waals surface area (Å²) >= 11 is 3.59. The van der Waals surface area contributed by atoms with Crippen molar-refractivity contribution in [2.45, 2.75) is 25.8 Å². The van der Waals surface area contributed by atoms with Gasteiger partial charge in [0.2, 0.25) is 0 Å². The van der Waals surface area contributed by atoms with Crippen LogP contribution >= 0.6 is 15.9 Å². The van der Waals surface area contributed by atoms with E-state index in [1.165, 1.54) is 16.8 Å². The molecule has 92 valence electrons. The highest BCUT2D eigenvalue weighted by atomic mass is 79.9. The Morgan fingerprint density at radius 2 is 2.22 bits per heavy atom. The minimum atomic E-state index is 0.333. The summed E-state index contributed by atoms with van der Waals surface area (Å²) in [5, 5.41) is 3.60. The average Bonchev–Trinajstić information content (AvgIpc) is 2.78. The lowest BCUT2D eigenvalue weighted by atomic mass is 10.1. The first-order chi connectivity index (χ1) is 8.74. The van der Waals surface area contributed by atoms with Gasteiger partial charge in [0.15, 0.2) is 0 Å². The van der Waals surface area contributed by atoms with Gasteiger partial charge in [0.1, 0.15) is 0 Å². The van der Waals surface area contributed by atoms with Gasteiger partial charge in [-0.1, -0.05) is 12.1 Å². The monoisotopic (exact) mass is 302 g/mol. The van der Waals surface area contributed by atoms with Crippen LogP contribution in [0.1, 0.15) is 29.3 Å². The van der Waals surface area contributed by atoms with Gasteiger partial charge in [-0.25, -0.2) is 0 Å². The second-order valence-electron chi connectivity index (χ2n) is 4.77. The molecule has 0 saturated carbocycles. The van der Waals surface area contributed by atoms with Crippen molar-refractivity contribution in [3.8, 4) is 0 Å². The molecule has 1 aliphatic rings. The molecule has 0 spiro atoms. The Hall–Kier alpha value is -1.35. The van der Waals surface area contributed by atoms with E-state index in [2.05, 4.69) is 57.4 Å². The summed E-state index contributed by atoms with van der Waals surface area (Å²) in [7, 11) is 0. The van der Waals surface area contributed by atoms with Gasteiger partial charge >= 0.3 is 0 Å². The van der Waals surface area contributed by atoms with Crippen LogP contribution in [0.2, 0.25) is 0 Å². The van der Waals surface area contributed by atoms with Crippen molar-refractivity contribution in [2.24, 2.45) is 0 Å². The number of halogens is 1. The Kier molecular flexibility index (Phi) is 3.08. The highest BCUT2D eigenvalue weighted by molar-refractivity contribution is 9.10. The van der Waals surface area contributed by atoms with Crippen LogP contribution in [0.3, 0.4) is 0 Å². The fraction of sp³-hybridized carbons (Fsp3) is 0.267. The molecule has 3 heteroatoms. The van der Waals surface area contributed by atoms with Crippen molar-refractivity contribution < 1.29 is 0 Å². The second kappa shape index (κ2) is 4.73. The van der Waals surface area contributed by atoms with Crippen LogP contribution in [0.25, 0.3) is 0 Å². The largest absolute Gasteiger partial charge is 0.376 e. The number of anilines is 1. The summed E-state index contributed by atoms with van der Waals surface area (Å²) in [5.41, 5.74) is 4.99. The number of rotatable bonds is 2. The van der Waals surface area contributed by atoms with Crippen molar-refractivity contribution in [1.29, 1.82) is 0 Å². The van der Waals surface area contributed by atoms with Gasteiger partial charge in [-0.2, -0.15) is 0 Å². The molecule has 2 aromatic rings. The molecule has 3 rings (SSSR count). The number of fused-ring (bicyclic) bond motifs is 1. The van der Waals surface area contributed by atoms with E-state index >= 15 is 0 Å². The molecule has 1 unspecified atom stereocenters. The van der Waals surface area contributed by atoms with E-state index in [0.717, 1.165) is 23.0 Å². The minimum Gasteiger partial charge on any atom is -0.376 e. The first-order valence-corrected chi connectivity index (χ1v) is 7.00. The molecule has 0 fully saturated rings. The number of hydrogen-bond acceptors (Lipinski definition) is 2. The highest BCUT2D eigenvalue weighted by Gasteiger charge is 2.23. The predicted molar refractivity (Wildman–Crippen MR) is 77.8 cm³/mol. The Balaban J connectivity index is 1.88. The quantitative estimate of drug-likeness (QED) is 0.897. The smallest absolute Gasteiger partial charge is 0.0691 e. The average molecular weight is 303 g/mol. The third kappa shape index (κ3) is 2.15. The van der Waals surface area contributed by atoms with Crippen molar-refractivity contribution in [2.75, 3.05) is 5.32 Å². The van der Waals surface area contributed by atoms with Crippen molar-refractivity contribution in [3.63, 3.8) is 0 Å². The van der Waals surface area contributed by atoms with Gasteiger partial charge in [0, 0.05) is 16.4 Å². The summed E-state index contributed by atoms with van der Waals surface area (Å²) in [6.07, 6.45) is 4.11. The number of aromatic nitrogens is 1. The summed E-state index contributed by atoms with van der Waals surface area (Å²) in [6.45, 7) is 2.11. The summed E-state index contributed by atoms with van der Waals surface area (Å²) in [6, 6.07) is 10.9. The second-order valence-corrected chi connectivity index (χ2v) is 5.62. The van der Waals surface area contributed by atoms with Gasteiger partial charge in [-0.3, -0.25) is 4.98 Å². The van der Waals surface area contributed by atoms with E-state index in [4.69, 9.17) is 0 Å². The lowest BCUT2D eigenvalue weighted by molar-refractivity contribution is 0.745. The summed E-state index contributed by atoms with van der Waals surface area (Å²) in [4.78, 5) is 4.51. The Morgan fingerprint density at radius 3 is 3.11 bits per heavy atom. The molecular weight excluding hydrogens is 288 g/mol. The summed E-state index contributed by atoms with van der Waals surface area (Å²) in [5.74, 6) is 0. The maximum atomic E-state index is 4.51. The van der Waals surface area contributed by atoms with Gasteiger partial charge in [-0.15, -0.1) is 0 Å². The Morgan fingerprint density at radius 1 is 1.33 bits per heavy atom. The maximum absolute atomic E-state index is 4.51. The first kappa shape index (κ1) is 11.7. The van der Waals surface area contributed by atoms with E-state index in [1.54, 1.807) is 0 Å². The maximum Gasteiger partial charge on any atom is 0.0691 e. The van der Waals surface area contributed by atoms with Crippen LogP contribution in [0.5, 0.6) is 0 Å². The lowest BCUT2D eigenvalue weighted by Gasteiger charge is -2.16. The molecule has 1 aromatic carbocycles. The van der Waals surface area contributed by atoms with E-state index in [9.17, 15) is 0 Å². The van der Waals surface area contributed by atoms with Crippen LogP contribution in [0.15, 0.2) is 41.0 Å². The standard InChI is InChI=1S/C15H15BrN2/c1-10-4-6-12(16)14(9-10)18-13-7-5-11-3-2-8-17-15(11)13/h2-4,6,8-9,13,18H,5,7H2,1H3. The first-order valence-electron chi connectivity index (χ1n) is 6.20. The molecule has 18 heavy (non-hydrogen) atoms. The van der Waals surface area contributed by atoms with E-state index in [1.807, 2.05) is 12.3 Å². The van der Waals surface area contributed by atoms with Crippen molar-refractivity contribution >= 4 is 21.6 Å². The number of benzene rings is 1. The lowest BCUT2D eigenvalue weighted by Crippen LogP contribution is -2.09. The zero-order valence-electron chi connectivity index (χ0n) is 10.3. The van der Waals surface area contributed by atoms with Crippen molar-refractivity contribution in [1.82, 2.24) is 4.98 Å². The summed E-state index contributed by atoms with van der Waals surface area (Å²) < 4.78 is 1.11. The Labute approximate surface area is 116 Å².